The summed E-state index contributed by atoms with van der Waals surface area (Å²) in [5, 5.41) is -0.624. The molecular weight excluding hydrogens is 312 g/mol. The lowest BCUT2D eigenvalue weighted by atomic mass is 10.0. The number of carbonyl (C=O) groups excluding carboxylic acids is 1. The lowest BCUT2D eigenvalue weighted by molar-refractivity contribution is -0.148. The summed E-state index contributed by atoms with van der Waals surface area (Å²) in [6.45, 7) is 0. The van der Waals surface area contributed by atoms with Crippen molar-refractivity contribution in [3.8, 4) is 0 Å². The van der Waals surface area contributed by atoms with Crippen molar-refractivity contribution in [1.82, 2.24) is 0 Å². The maximum Gasteiger partial charge on any atom is 0.306 e. The number of esters is 1. The Morgan fingerprint density at radius 1 is 0.913 bits per heavy atom. The summed E-state index contributed by atoms with van der Waals surface area (Å²) in [6.07, 6.45) is 0.182. The van der Waals surface area contributed by atoms with Gasteiger partial charge in [-0.3, -0.25) is 4.79 Å². The Hall–Kier alpha value is -2.14. The smallest absolute Gasteiger partial charge is 0.306 e. The lowest BCUT2D eigenvalue weighted by Crippen LogP contribution is -2.23. The monoisotopic (exact) mass is 330 g/mol. The van der Waals surface area contributed by atoms with Gasteiger partial charge in [0.05, 0.1) is 10.1 Å². The first-order valence-corrected chi connectivity index (χ1v) is 9.15. The molecule has 4 nitrogen and oxygen atoms in total. The molecule has 3 rings (SSSR count). The Morgan fingerprint density at radius 3 is 2.17 bits per heavy atom. The third kappa shape index (κ3) is 3.45. The fraction of sp³-hybridized carbons (Fsp3) is 0.278. The van der Waals surface area contributed by atoms with Crippen molar-refractivity contribution < 1.29 is 17.9 Å². The summed E-state index contributed by atoms with van der Waals surface area (Å²) >= 11 is 0. The molecule has 0 spiro atoms. The van der Waals surface area contributed by atoms with Gasteiger partial charge in [0, 0.05) is 12.8 Å². The molecule has 0 aromatic heterocycles. The minimum absolute atomic E-state index is 0.125. The van der Waals surface area contributed by atoms with Gasteiger partial charge >= 0.3 is 5.97 Å². The maximum absolute atomic E-state index is 12.9. The second-order valence-corrected chi connectivity index (χ2v) is 7.87. The van der Waals surface area contributed by atoms with E-state index in [0.717, 1.165) is 5.56 Å². The number of cyclic esters (lactones) is 1. The van der Waals surface area contributed by atoms with E-state index in [1.54, 1.807) is 30.3 Å². The van der Waals surface area contributed by atoms with Crippen LogP contribution in [0.25, 0.3) is 0 Å². The van der Waals surface area contributed by atoms with Crippen molar-refractivity contribution in [3.05, 3.63) is 66.2 Å². The minimum Gasteiger partial charge on any atom is -0.457 e. The van der Waals surface area contributed by atoms with E-state index in [9.17, 15) is 13.2 Å². The van der Waals surface area contributed by atoms with Crippen LogP contribution in [0.4, 0.5) is 0 Å². The van der Waals surface area contributed by atoms with Crippen LogP contribution in [-0.2, 0) is 19.4 Å². The van der Waals surface area contributed by atoms with E-state index < -0.39 is 21.2 Å². The lowest BCUT2D eigenvalue weighted by Gasteiger charge is -2.20. The number of hydrogen-bond donors (Lipinski definition) is 0. The van der Waals surface area contributed by atoms with Crippen LogP contribution in [0.15, 0.2) is 65.6 Å². The summed E-state index contributed by atoms with van der Waals surface area (Å²) in [7, 11) is -3.48. The molecule has 1 fully saturated rings. The van der Waals surface area contributed by atoms with Gasteiger partial charge in [-0.2, -0.15) is 0 Å². The van der Waals surface area contributed by atoms with E-state index >= 15 is 0 Å². The van der Waals surface area contributed by atoms with Crippen LogP contribution in [-0.4, -0.2) is 19.6 Å². The average Bonchev–Trinajstić information content (AvgIpc) is 2.79. The average molecular weight is 330 g/mol. The number of carbonyl (C=O) groups is 1. The fourth-order valence-corrected chi connectivity index (χ4v) is 4.64. The van der Waals surface area contributed by atoms with E-state index in [2.05, 4.69) is 0 Å². The number of sulfone groups is 1. The van der Waals surface area contributed by atoms with Crippen molar-refractivity contribution in [1.29, 1.82) is 0 Å². The Kier molecular flexibility index (Phi) is 4.48. The molecule has 0 amide bonds. The summed E-state index contributed by atoms with van der Waals surface area (Å²) < 4.78 is 31.2. The second-order valence-electron chi connectivity index (χ2n) is 5.64. The van der Waals surface area contributed by atoms with Crippen LogP contribution in [0.2, 0.25) is 0 Å². The first-order valence-electron chi connectivity index (χ1n) is 7.61. The highest BCUT2D eigenvalue weighted by Gasteiger charge is 2.35. The third-order valence-corrected chi connectivity index (χ3v) is 6.34. The molecule has 5 heteroatoms. The number of rotatable bonds is 3. The third-order valence-electron chi connectivity index (χ3n) is 4.10. The van der Waals surface area contributed by atoms with Gasteiger partial charge in [-0.1, -0.05) is 48.5 Å². The predicted molar refractivity (Wildman–Crippen MR) is 86.5 cm³/mol. The highest BCUT2D eigenvalue weighted by molar-refractivity contribution is 7.92. The molecule has 1 aliphatic rings. The predicted octanol–water partition coefficient (Wildman–Crippen LogP) is 3.30. The normalized spacial score (nSPS) is 22.2. The molecule has 120 valence electrons. The van der Waals surface area contributed by atoms with Crippen molar-refractivity contribution in [2.75, 3.05) is 0 Å². The van der Waals surface area contributed by atoms with E-state index in [1.807, 2.05) is 30.3 Å². The molecule has 1 heterocycles. The molecule has 0 bridgehead atoms. The molecular formula is C18H18O4S. The van der Waals surface area contributed by atoms with Gasteiger partial charge in [0.25, 0.3) is 0 Å². The van der Waals surface area contributed by atoms with E-state index in [1.165, 1.54) is 0 Å². The molecule has 1 saturated heterocycles. The maximum atomic E-state index is 12.9. The van der Waals surface area contributed by atoms with Crippen LogP contribution in [0.5, 0.6) is 0 Å². The largest absolute Gasteiger partial charge is 0.457 e. The Bertz CT molecular complexity index is 769. The Morgan fingerprint density at radius 2 is 1.52 bits per heavy atom. The first kappa shape index (κ1) is 15.7. The van der Waals surface area contributed by atoms with Crippen LogP contribution < -0.4 is 0 Å². The molecule has 1 aliphatic heterocycles. The molecule has 0 unspecified atom stereocenters. The van der Waals surface area contributed by atoms with Crippen molar-refractivity contribution in [3.63, 3.8) is 0 Å². The van der Waals surface area contributed by atoms with Crippen molar-refractivity contribution in [2.45, 2.75) is 35.5 Å². The van der Waals surface area contributed by atoms with Gasteiger partial charge < -0.3 is 4.74 Å². The molecule has 23 heavy (non-hydrogen) atoms. The zero-order valence-electron chi connectivity index (χ0n) is 12.6. The molecule has 2 aromatic carbocycles. The highest BCUT2D eigenvalue weighted by Crippen LogP contribution is 2.33. The first-order chi connectivity index (χ1) is 11.1. The Balaban J connectivity index is 1.92. The quantitative estimate of drug-likeness (QED) is 0.810. The van der Waals surface area contributed by atoms with Crippen LogP contribution in [0, 0.1) is 0 Å². The van der Waals surface area contributed by atoms with Crippen molar-refractivity contribution in [2.24, 2.45) is 0 Å². The topological polar surface area (TPSA) is 60.4 Å². The molecule has 0 saturated carbocycles. The number of benzene rings is 2. The summed E-state index contributed by atoms with van der Waals surface area (Å²) in [5.41, 5.74) is 0.830. The van der Waals surface area contributed by atoms with Gasteiger partial charge in [-0.05, 0) is 24.1 Å². The van der Waals surface area contributed by atoms with Gasteiger partial charge in [-0.25, -0.2) is 8.42 Å². The number of ether oxygens (including phenoxy) is 1. The molecule has 2 atom stereocenters. The van der Waals surface area contributed by atoms with Gasteiger partial charge in [0.2, 0.25) is 0 Å². The van der Waals surface area contributed by atoms with E-state index in [-0.39, 0.29) is 18.8 Å². The van der Waals surface area contributed by atoms with Gasteiger partial charge in [0.15, 0.2) is 9.84 Å². The summed E-state index contributed by atoms with van der Waals surface area (Å²) in [5.74, 6) is -0.343. The summed E-state index contributed by atoms with van der Waals surface area (Å²) in [6, 6.07) is 17.7. The zero-order valence-corrected chi connectivity index (χ0v) is 13.4. The highest BCUT2D eigenvalue weighted by atomic mass is 32.2. The van der Waals surface area contributed by atoms with E-state index in [0.29, 0.717) is 11.3 Å². The van der Waals surface area contributed by atoms with Gasteiger partial charge in [0.1, 0.15) is 6.10 Å². The van der Waals surface area contributed by atoms with Crippen LogP contribution in [0.3, 0.4) is 0 Å². The molecule has 0 aliphatic carbocycles. The Labute approximate surface area is 136 Å². The zero-order chi connectivity index (χ0) is 16.3. The van der Waals surface area contributed by atoms with Gasteiger partial charge in [-0.15, -0.1) is 0 Å². The van der Waals surface area contributed by atoms with Crippen molar-refractivity contribution >= 4 is 15.8 Å². The minimum atomic E-state index is -3.48. The molecule has 0 radical (unpaired) electrons. The van der Waals surface area contributed by atoms with Crippen LogP contribution in [0.1, 0.15) is 30.9 Å². The molecule has 2 aromatic rings. The molecule has 0 N–H and O–H groups in total. The van der Waals surface area contributed by atoms with E-state index in [4.69, 9.17) is 4.74 Å². The SMILES string of the molecule is O=C1CC[C@@H](S(=O)(=O)c2ccccc2)C[C@@H](c2ccccc2)O1. The number of hydrogen-bond acceptors (Lipinski definition) is 4. The second kappa shape index (κ2) is 6.54. The van der Waals surface area contributed by atoms with Crippen LogP contribution >= 0.6 is 0 Å². The fourth-order valence-electron chi connectivity index (χ4n) is 2.86. The standard InChI is InChI=1S/C18H18O4S/c19-18-12-11-16(23(20,21)15-9-5-2-6-10-15)13-17(22-18)14-7-3-1-4-8-14/h1-10,16-17H,11-13H2/t16-,17+/m1/s1. The summed E-state index contributed by atoms with van der Waals surface area (Å²) in [4.78, 5) is 12.2.